The molecule has 0 aliphatic heterocycles. The van der Waals surface area contributed by atoms with Crippen LogP contribution in [0.25, 0.3) is 0 Å². The van der Waals surface area contributed by atoms with E-state index >= 15 is 0 Å². The van der Waals surface area contributed by atoms with E-state index in [0.717, 1.165) is 18.8 Å². The van der Waals surface area contributed by atoms with Gasteiger partial charge in [-0.05, 0) is 20.0 Å². The van der Waals surface area contributed by atoms with Crippen LogP contribution in [0.5, 0.6) is 5.88 Å². The van der Waals surface area contributed by atoms with E-state index in [1.165, 1.54) is 0 Å². The molecule has 4 nitrogen and oxygen atoms in total. The molecule has 84 valence electrons. The van der Waals surface area contributed by atoms with Gasteiger partial charge in [-0.1, -0.05) is 6.07 Å². The molecule has 1 aromatic heterocycles. The maximum atomic E-state index is 5.72. The lowest BCUT2D eigenvalue weighted by molar-refractivity contribution is 0.304. The Kier molecular flexibility index (Phi) is 4.52. The summed E-state index contributed by atoms with van der Waals surface area (Å²) >= 11 is 0. The molecule has 0 aromatic carbocycles. The predicted octanol–water partition coefficient (Wildman–Crippen LogP) is 0.869. The summed E-state index contributed by atoms with van der Waals surface area (Å²) in [6.45, 7) is 3.65. The Bertz CT molecular complexity index is 302. The van der Waals surface area contributed by atoms with E-state index in [2.05, 4.69) is 9.88 Å². The maximum absolute atomic E-state index is 5.72. The second kappa shape index (κ2) is 5.68. The highest BCUT2D eigenvalue weighted by molar-refractivity contribution is 5.15. The summed E-state index contributed by atoms with van der Waals surface area (Å²) in [6, 6.07) is 5.96. The molecule has 1 aromatic rings. The quantitative estimate of drug-likeness (QED) is 0.781. The molecule has 0 spiro atoms. The van der Waals surface area contributed by atoms with Crippen LogP contribution < -0.4 is 10.5 Å². The summed E-state index contributed by atoms with van der Waals surface area (Å²) in [6.07, 6.45) is 0. The third kappa shape index (κ3) is 4.27. The number of pyridine rings is 1. The van der Waals surface area contributed by atoms with Gasteiger partial charge in [0.05, 0.1) is 12.8 Å². The van der Waals surface area contributed by atoms with E-state index < -0.39 is 0 Å². The Morgan fingerprint density at radius 1 is 1.53 bits per heavy atom. The Morgan fingerprint density at radius 2 is 2.27 bits per heavy atom. The molecular formula is C11H19N3O. The van der Waals surface area contributed by atoms with Gasteiger partial charge in [0.1, 0.15) is 0 Å². The Hall–Kier alpha value is -1.13. The molecule has 0 aliphatic rings. The van der Waals surface area contributed by atoms with Gasteiger partial charge < -0.3 is 10.5 Å². The van der Waals surface area contributed by atoms with E-state index in [1.807, 2.05) is 32.2 Å². The van der Waals surface area contributed by atoms with Crippen molar-refractivity contribution < 1.29 is 4.74 Å². The van der Waals surface area contributed by atoms with Gasteiger partial charge in [-0.3, -0.25) is 4.90 Å². The number of methoxy groups -OCH3 is 1. The Balaban J connectivity index is 2.55. The van der Waals surface area contributed by atoms with Crippen LogP contribution in [-0.4, -0.2) is 36.6 Å². The number of hydrogen-bond acceptors (Lipinski definition) is 4. The number of hydrogen-bond donors (Lipinski definition) is 1. The molecule has 0 saturated heterocycles. The zero-order valence-electron chi connectivity index (χ0n) is 9.60. The summed E-state index contributed by atoms with van der Waals surface area (Å²) in [5.41, 5.74) is 6.71. The van der Waals surface area contributed by atoms with Gasteiger partial charge in [0.25, 0.3) is 0 Å². The monoisotopic (exact) mass is 209 g/mol. The SMILES string of the molecule is COc1cccc(CN(C)CC(C)N)n1. The molecule has 15 heavy (non-hydrogen) atoms. The van der Waals surface area contributed by atoms with E-state index in [0.29, 0.717) is 5.88 Å². The minimum Gasteiger partial charge on any atom is -0.481 e. The van der Waals surface area contributed by atoms with Crippen molar-refractivity contribution in [3.8, 4) is 5.88 Å². The number of nitrogens with zero attached hydrogens (tertiary/aromatic N) is 2. The van der Waals surface area contributed by atoms with Crippen LogP contribution in [0.2, 0.25) is 0 Å². The van der Waals surface area contributed by atoms with Gasteiger partial charge in [-0.2, -0.15) is 0 Å². The summed E-state index contributed by atoms with van der Waals surface area (Å²) in [7, 11) is 3.66. The second-order valence-corrected chi connectivity index (χ2v) is 3.85. The van der Waals surface area contributed by atoms with Crippen LogP contribution in [0.15, 0.2) is 18.2 Å². The normalized spacial score (nSPS) is 12.9. The molecule has 1 atom stereocenters. The predicted molar refractivity (Wildman–Crippen MR) is 60.8 cm³/mol. The zero-order valence-corrected chi connectivity index (χ0v) is 9.60. The fraction of sp³-hybridized carbons (Fsp3) is 0.545. The summed E-state index contributed by atoms with van der Waals surface area (Å²) in [5, 5.41) is 0. The number of ether oxygens (including phenoxy) is 1. The van der Waals surface area contributed by atoms with Crippen molar-refractivity contribution in [1.82, 2.24) is 9.88 Å². The van der Waals surface area contributed by atoms with Gasteiger partial charge >= 0.3 is 0 Å². The molecule has 0 radical (unpaired) electrons. The van der Waals surface area contributed by atoms with Crippen LogP contribution in [0.1, 0.15) is 12.6 Å². The highest BCUT2D eigenvalue weighted by atomic mass is 16.5. The van der Waals surface area contributed by atoms with Crippen molar-refractivity contribution in [2.24, 2.45) is 5.73 Å². The van der Waals surface area contributed by atoms with E-state index in [4.69, 9.17) is 10.5 Å². The average Bonchev–Trinajstić information content (AvgIpc) is 2.16. The topological polar surface area (TPSA) is 51.4 Å². The number of nitrogens with two attached hydrogens (primary N) is 1. The van der Waals surface area contributed by atoms with Crippen molar-refractivity contribution in [3.63, 3.8) is 0 Å². The highest BCUT2D eigenvalue weighted by Crippen LogP contribution is 2.08. The first kappa shape index (κ1) is 11.9. The number of likely N-dealkylation sites (N-methyl/N-ethyl adjacent to an activating group) is 1. The molecule has 0 amide bonds. The van der Waals surface area contributed by atoms with Crippen LogP contribution in [0, 0.1) is 0 Å². The third-order valence-corrected chi connectivity index (χ3v) is 2.02. The van der Waals surface area contributed by atoms with Crippen LogP contribution >= 0.6 is 0 Å². The molecule has 1 unspecified atom stereocenters. The first-order valence-corrected chi connectivity index (χ1v) is 5.06. The fourth-order valence-electron chi connectivity index (χ4n) is 1.49. The molecule has 4 heteroatoms. The highest BCUT2D eigenvalue weighted by Gasteiger charge is 2.04. The first-order chi connectivity index (χ1) is 7.11. The van der Waals surface area contributed by atoms with Crippen LogP contribution in [0.3, 0.4) is 0 Å². The largest absolute Gasteiger partial charge is 0.481 e. The van der Waals surface area contributed by atoms with Crippen LogP contribution in [0.4, 0.5) is 0 Å². The van der Waals surface area contributed by atoms with E-state index in [1.54, 1.807) is 7.11 Å². The lowest BCUT2D eigenvalue weighted by Crippen LogP contribution is -2.32. The van der Waals surface area contributed by atoms with Gasteiger partial charge in [-0.15, -0.1) is 0 Å². The maximum Gasteiger partial charge on any atom is 0.213 e. The standard InChI is InChI=1S/C11H19N3O/c1-9(12)7-14(2)8-10-5-4-6-11(13-10)15-3/h4-6,9H,7-8,12H2,1-3H3. The molecule has 1 rings (SSSR count). The minimum atomic E-state index is 0.181. The second-order valence-electron chi connectivity index (χ2n) is 3.85. The summed E-state index contributed by atoms with van der Waals surface area (Å²) < 4.78 is 5.06. The lowest BCUT2D eigenvalue weighted by atomic mass is 10.3. The van der Waals surface area contributed by atoms with Gasteiger partial charge in [0, 0.05) is 25.2 Å². The molecular weight excluding hydrogens is 190 g/mol. The Labute approximate surface area is 91.1 Å². The van der Waals surface area contributed by atoms with Crippen LogP contribution in [-0.2, 0) is 6.54 Å². The van der Waals surface area contributed by atoms with Gasteiger partial charge in [-0.25, -0.2) is 4.98 Å². The fourth-order valence-corrected chi connectivity index (χ4v) is 1.49. The van der Waals surface area contributed by atoms with E-state index in [9.17, 15) is 0 Å². The van der Waals surface area contributed by atoms with Crippen molar-refractivity contribution >= 4 is 0 Å². The van der Waals surface area contributed by atoms with Gasteiger partial charge in [0.2, 0.25) is 5.88 Å². The average molecular weight is 209 g/mol. The van der Waals surface area contributed by atoms with Crippen molar-refractivity contribution in [2.45, 2.75) is 19.5 Å². The number of aromatic nitrogens is 1. The third-order valence-electron chi connectivity index (χ3n) is 2.02. The molecule has 2 N–H and O–H groups in total. The molecule has 1 heterocycles. The van der Waals surface area contributed by atoms with Gasteiger partial charge in [0.15, 0.2) is 0 Å². The first-order valence-electron chi connectivity index (χ1n) is 5.06. The number of rotatable bonds is 5. The summed E-state index contributed by atoms with van der Waals surface area (Å²) in [4.78, 5) is 6.48. The van der Waals surface area contributed by atoms with E-state index in [-0.39, 0.29) is 6.04 Å². The molecule has 0 saturated carbocycles. The molecule has 0 fully saturated rings. The molecule has 0 bridgehead atoms. The molecule has 0 aliphatic carbocycles. The smallest absolute Gasteiger partial charge is 0.213 e. The van der Waals surface area contributed by atoms with Crippen molar-refractivity contribution in [3.05, 3.63) is 23.9 Å². The Morgan fingerprint density at radius 3 is 2.87 bits per heavy atom. The van der Waals surface area contributed by atoms with Crippen molar-refractivity contribution in [1.29, 1.82) is 0 Å². The lowest BCUT2D eigenvalue weighted by Gasteiger charge is -2.18. The summed E-state index contributed by atoms with van der Waals surface area (Å²) in [5.74, 6) is 0.654. The zero-order chi connectivity index (χ0) is 11.3. The van der Waals surface area contributed by atoms with Crippen molar-refractivity contribution in [2.75, 3.05) is 20.7 Å². The minimum absolute atomic E-state index is 0.181.